The van der Waals surface area contributed by atoms with Gasteiger partial charge in [-0.25, -0.2) is 0 Å². The number of benzene rings is 1. The summed E-state index contributed by atoms with van der Waals surface area (Å²) in [4.78, 5) is 4.72. The molecule has 0 N–H and O–H groups in total. The smallest absolute Gasteiger partial charge is 0.150 e. The Kier molecular flexibility index (Phi) is 3.94. The first-order valence-electron chi connectivity index (χ1n) is 6.86. The molecular weight excluding hydrogens is 274 g/mol. The highest BCUT2D eigenvalue weighted by atomic mass is 35.5. The topological polar surface area (TPSA) is 32.5 Å². The summed E-state index contributed by atoms with van der Waals surface area (Å²) in [5.74, 6) is 0.939. The maximum absolute atomic E-state index is 6.25. The van der Waals surface area contributed by atoms with Gasteiger partial charge in [0.1, 0.15) is 0 Å². The van der Waals surface area contributed by atoms with E-state index in [0.29, 0.717) is 0 Å². The van der Waals surface area contributed by atoms with Crippen LogP contribution in [0.5, 0.6) is 0 Å². The molecular formula is C15H18ClN3O. The normalized spacial score (nSPS) is 16.6. The molecule has 1 aromatic heterocycles. The largest absolute Gasteiger partial charge is 0.368 e. The van der Waals surface area contributed by atoms with Crippen molar-refractivity contribution >= 4 is 17.3 Å². The van der Waals surface area contributed by atoms with E-state index in [4.69, 9.17) is 16.1 Å². The van der Waals surface area contributed by atoms with Gasteiger partial charge in [-0.05, 0) is 19.1 Å². The number of rotatable bonds is 3. The van der Waals surface area contributed by atoms with E-state index >= 15 is 0 Å². The Morgan fingerprint density at radius 3 is 2.60 bits per heavy atom. The van der Waals surface area contributed by atoms with Gasteiger partial charge in [-0.2, -0.15) is 0 Å². The second-order valence-electron chi connectivity index (χ2n) is 5.15. The van der Waals surface area contributed by atoms with Gasteiger partial charge in [-0.1, -0.05) is 28.9 Å². The highest BCUT2D eigenvalue weighted by Gasteiger charge is 2.19. The van der Waals surface area contributed by atoms with Crippen molar-refractivity contribution in [3.05, 3.63) is 46.8 Å². The van der Waals surface area contributed by atoms with E-state index in [9.17, 15) is 0 Å². The van der Waals surface area contributed by atoms with Crippen LogP contribution in [0.1, 0.15) is 11.5 Å². The first-order valence-corrected chi connectivity index (χ1v) is 7.24. The van der Waals surface area contributed by atoms with Gasteiger partial charge in [0.2, 0.25) is 0 Å². The summed E-state index contributed by atoms with van der Waals surface area (Å²) in [7, 11) is 0. The predicted molar refractivity (Wildman–Crippen MR) is 80.2 cm³/mol. The maximum atomic E-state index is 6.25. The molecule has 1 saturated heterocycles. The Labute approximate surface area is 123 Å². The fourth-order valence-electron chi connectivity index (χ4n) is 2.57. The highest BCUT2D eigenvalue weighted by molar-refractivity contribution is 6.33. The molecule has 0 unspecified atom stereocenters. The lowest BCUT2D eigenvalue weighted by Gasteiger charge is -2.36. The summed E-state index contributed by atoms with van der Waals surface area (Å²) in [6.07, 6.45) is 0. The molecule has 0 atom stereocenters. The fraction of sp³-hybridized carbons (Fsp3) is 0.400. The Bertz CT molecular complexity index is 576. The van der Waals surface area contributed by atoms with E-state index < -0.39 is 0 Å². The zero-order chi connectivity index (χ0) is 13.9. The Hall–Kier alpha value is -1.52. The number of aryl methyl sites for hydroxylation is 1. The summed E-state index contributed by atoms with van der Waals surface area (Å²) in [6.45, 7) is 6.75. The molecule has 1 aliphatic heterocycles. The quantitative estimate of drug-likeness (QED) is 0.870. The Morgan fingerprint density at radius 2 is 1.95 bits per heavy atom. The molecule has 20 heavy (non-hydrogen) atoms. The number of hydrogen-bond acceptors (Lipinski definition) is 4. The third-order valence-corrected chi connectivity index (χ3v) is 3.94. The minimum atomic E-state index is 0.826. The minimum Gasteiger partial charge on any atom is -0.368 e. The Morgan fingerprint density at radius 1 is 1.20 bits per heavy atom. The fourth-order valence-corrected chi connectivity index (χ4v) is 2.82. The van der Waals surface area contributed by atoms with Crippen molar-refractivity contribution in [2.75, 3.05) is 31.1 Å². The van der Waals surface area contributed by atoms with Gasteiger partial charge < -0.3 is 9.42 Å². The molecule has 2 heterocycles. The van der Waals surface area contributed by atoms with Gasteiger partial charge in [-0.3, -0.25) is 4.90 Å². The van der Waals surface area contributed by atoms with Crippen LogP contribution in [0.15, 0.2) is 34.9 Å². The number of anilines is 1. The first kappa shape index (κ1) is 13.5. The monoisotopic (exact) mass is 291 g/mol. The number of hydrogen-bond donors (Lipinski definition) is 0. The van der Waals surface area contributed by atoms with E-state index in [1.807, 2.05) is 31.2 Å². The molecule has 0 spiro atoms. The van der Waals surface area contributed by atoms with Crippen molar-refractivity contribution in [2.45, 2.75) is 13.5 Å². The van der Waals surface area contributed by atoms with Crippen LogP contribution in [-0.2, 0) is 6.54 Å². The van der Waals surface area contributed by atoms with E-state index in [1.54, 1.807) is 0 Å². The number of aromatic nitrogens is 1. The van der Waals surface area contributed by atoms with E-state index in [2.05, 4.69) is 21.0 Å². The zero-order valence-electron chi connectivity index (χ0n) is 11.6. The van der Waals surface area contributed by atoms with Gasteiger partial charge in [0.15, 0.2) is 5.76 Å². The molecule has 2 aromatic rings. The maximum Gasteiger partial charge on any atom is 0.150 e. The van der Waals surface area contributed by atoms with Gasteiger partial charge in [-0.15, -0.1) is 0 Å². The standard InChI is InChI=1S/C15H18ClN3O/c1-12-10-13(20-17-12)11-18-6-8-19(9-7-18)15-5-3-2-4-14(15)16/h2-5,10H,6-9,11H2,1H3. The number of piperazine rings is 1. The van der Waals surface area contributed by atoms with Gasteiger partial charge in [0, 0.05) is 32.2 Å². The molecule has 0 aliphatic carbocycles. The van der Waals surface area contributed by atoms with Crippen LogP contribution in [0.2, 0.25) is 5.02 Å². The predicted octanol–water partition coefficient (Wildman–Crippen LogP) is 2.96. The van der Waals surface area contributed by atoms with Crippen molar-refractivity contribution < 1.29 is 4.52 Å². The van der Waals surface area contributed by atoms with Crippen LogP contribution in [0.4, 0.5) is 5.69 Å². The van der Waals surface area contributed by atoms with Crippen molar-refractivity contribution in [1.82, 2.24) is 10.1 Å². The van der Waals surface area contributed by atoms with Crippen molar-refractivity contribution in [2.24, 2.45) is 0 Å². The average Bonchev–Trinajstić information content (AvgIpc) is 2.86. The van der Waals surface area contributed by atoms with Crippen LogP contribution < -0.4 is 4.90 Å². The van der Waals surface area contributed by atoms with Crippen LogP contribution in [0.25, 0.3) is 0 Å². The second kappa shape index (κ2) is 5.85. The van der Waals surface area contributed by atoms with Gasteiger partial charge >= 0.3 is 0 Å². The molecule has 106 valence electrons. The second-order valence-corrected chi connectivity index (χ2v) is 5.56. The molecule has 1 aliphatic rings. The van der Waals surface area contributed by atoms with Gasteiger partial charge in [0.25, 0.3) is 0 Å². The molecule has 0 amide bonds. The molecule has 4 nitrogen and oxygen atoms in total. The lowest BCUT2D eigenvalue weighted by atomic mass is 10.2. The lowest BCUT2D eigenvalue weighted by Crippen LogP contribution is -2.46. The summed E-state index contributed by atoms with van der Waals surface area (Å²) in [5, 5.41) is 4.75. The average molecular weight is 292 g/mol. The summed E-state index contributed by atoms with van der Waals surface area (Å²) in [5.41, 5.74) is 2.07. The molecule has 0 bridgehead atoms. The number of para-hydroxylation sites is 1. The minimum absolute atomic E-state index is 0.826. The van der Waals surface area contributed by atoms with Gasteiger partial charge in [0.05, 0.1) is 22.9 Å². The van der Waals surface area contributed by atoms with E-state index in [0.717, 1.165) is 54.9 Å². The highest BCUT2D eigenvalue weighted by Crippen LogP contribution is 2.26. The van der Waals surface area contributed by atoms with Crippen LogP contribution in [0.3, 0.4) is 0 Å². The first-order chi connectivity index (χ1) is 9.72. The van der Waals surface area contributed by atoms with Crippen LogP contribution in [0, 0.1) is 6.92 Å². The van der Waals surface area contributed by atoms with Crippen molar-refractivity contribution in [3.63, 3.8) is 0 Å². The summed E-state index contributed by atoms with van der Waals surface area (Å²) < 4.78 is 5.27. The molecule has 0 radical (unpaired) electrons. The third kappa shape index (κ3) is 2.97. The molecule has 1 fully saturated rings. The molecule has 1 aromatic carbocycles. The zero-order valence-corrected chi connectivity index (χ0v) is 12.3. The van der Waals surface area contributed by atoms with E-state index in [-0.39, 0.29) is 0 Å². The molecule has 3 rings (SSSR count). The third-order valence-electron chi connectivity index (χ3n) is 3.62. The Balaban J connectivity index is 1.58. The number of halogens is 1. The molecule has 0 saturated carbocycles. The van der Waals surface area contributed by atoms with E-state index in [1.165, 1.54) is 0 Å². The van der Waals surface area contributed by atoms with Crippen molar-refractivity contribution in [3.8, 4) is 0 Å². The summed E-state index contributed by atoms with van der Waals surface area (Å²) in [6, 6.07) is 10.0. The summed E-state index contributed by atoms with van der Waals surface area (Å²) >= 11 is 6.25. The lowest BCUT2D eigenvalue weighted by molar-refractivity contribution is 0.219. The SMILES string of the molecule is Cc1cc(CN2CCN(c3ccccc3Cl)CC2)on1. The number of nitrogens with zero attached hydrogens (tertiary/aromatic N) is 3. The molecule has 5 heteroatoms. The van der Waals surface area contributed by atoms with Crippen LogP contribution >= 0.6 is 11.6 Å². The van der Waals surface area contributed by atoms with Crippen LogP contribution in [-0.4, -0.2) is 36.2 Å². The van der Waals surface area contributed by atoms with Crippen molar-refractivity contribution in [1.29, 1.82) is 0 Å².